The highest BCUT2D eigenvalue weighted by molar-refractivity contribution is 9.11. The summed E-state index contributed by atoms with van der Waals surface area (Å²) in [6.45, 7) is 3.47. The highest BCUT2D eigenvalue weighted by atomic mass is 79.9. The molecule has 1 rings (SSSR count). The molecule has 172 valence electrons. The first-order chi connectivity index (χ1) is 13.4. The van der Waals surface area contributed by atoms with Gasteiger partial charge in [0, 0.05) is 13.0 Å². The number of amides is 3. The first-order valence-corrected chi connectivity index (χ1v) is 9.48. The minimum Gasteiger partial charge on any atom is -0.345 e. The number of hydrogen-bond donors (Lipinski definition) is 2. The van der Waals surface area contributed by atoms with Crippen molar-refractivity contribution in [2.24, 2.45) is 0 Å². The van der Waals surface area contributed by atoms with Crippen molar-refractivity contribution < 1.29 is 40.8 Å². The van der Waals surface area contributed by atoms with Crippen molar-refractivity contribution in [3.8, 4) is 0 Å². The quantitative estimate of drug-likeness (QED) is 0.413. The molecule has 1 aliphatic carbocycles. The molecule has 0 aromatic rings. The lowest BCUT2D eigenvalue weighted by Crippen LogP contribution is -2.59. The summed E-state index contributed by atoms with van der Waals surface area (Å²) in [5, 5.41) is 4.58. The van der Waals surface area contributed by atoms with Crippen LogP contribution in [-0.4, -0.2) is 53.6 Å². The molecule has 1 unspecified atom stereocenters. The Hall–Kier alpha value is -1.76. The SMILES string of the molecule is CCN(OC1(C)C=C(C(F)(F)F)C=C(Br)C1)C(=O)NC(C)(C)C(=O)NCC(F)(F)F. The van der Waals surface area contributed by atoms with Gasteiger partial charge in [-0.1, -0.05) is 15.9 Å². The zero-order chi connectivity index (χ0) is 23.5. The van der Waals surface area contributed by atoms with Crippen molar-refractivity contribution in [2.45, 2.75) is 57.6 Å². The van der Waals surface area contributed by atoms with Gasteiger partial charge in [-0.2, -0.15) is 26.3 Å². The van der Waals surface area contributed by atoms with Crippen molar-refractivity contribution in [1.82, 2.24) is 15.7 Å². The molecular formula is C17H22BrF6N3O3. The van der Waals surface area contributed by atoms with Gasteiger partial charge in [-0.15, -0.1) is 0 Å². The van der Waals surface area contributed by atoms with E-state index in [0.29, 0.717) is 5.06 Å². The van der Waals surface area contributed by atoms with Crippen LogP contribution in [-0.2, 0) is 9.63 Å². The van der Waals surface area contributed by atoms with Crippen molar-refractivity contribution >= 4 is 27.9 Å². The molecule has 0 saturated carbocycles. The largest absolute Gasteiger partial charge is 0.416 e. The predicted octanol–water partition coefficient (Wildman–Crippen LogP) is 4.34. The van der Waals surface area contributed by atoms with Gasteiger partial charge < -0.3 is 10.6 Å². The van der Waals surface area contributed by atoms with Gasteiger partial charge in [0.25, 0.3) is 0 Å². The Morgan fingerprint density at radius 3 is 2.27 bits per heavy atom. The van der Waals surface area contributed by atoms with Crippen LogP contribution in [0.4, 0.5) is 31.1 Å². The van der Waals surface area contributed by atoms with Crippen LogP contribution in [0.1, 0.15) is 34.1 Å². The molecule has 0 aliphatic heterocycles. The van der Waals surface area contributed by atoms with E-state index in [2.05, 4.69) is 21.2 Å². The number of halogens is 7. The van der Waals surface area contributed by atoms with E-state index in [-0.39, 0.29) is 17.4 Å². The van der Waals surface area contributed by atoms with Crippen LogP contribution in [0.25, 0.3) is 0 Å². The molecule has 1 aliphatic rings. The minimum atomic E-state index is -4.64. The number of hydroxylamine groups is 2. The molecule has 13 heteroatoms. The van der Waals surface area contributed by atoms with Crippen LogP contribution in [0.2, 0.25) is 0 Å². The van der Waals surface area contributed by atoms with Gasteiger partial charge in [-0.3, -0.25) is 9.63 Å². The monoisotopic (exact) mass is 509 g/mol. The summed E-state index contributed by atoms with van der Waals surface area (Å²) >= 11 is 3.02. The molecule has 0 spiro atoms. The highest BCUT2D eigenvalue weighted by Crippen LogP contribution is 2.39. The minimum absolute atomic E-state index is 0.00811. The average Bonchev–Trinajstić information content (AvgIpc) is 2.54. The van der Waals surface area contributed by atoms with Crippen LogP contribution in [0.5, 0.6) is 0 Å². The zero-order valence-corrected chi connectivity index (χ0v) is 18.2. The zero-order valence-electron chi connectivity index (χ0n) is 16.6. The first kappa shape index (κ1) is 26.3. The van der Waals surface area contributed by atoms with Crippen molar-refractivity contribution in [3.63, 3.8) is 0 Å². The third kappa shape index (κ3) is 7.82. The normalized spacial score (nSPS) is 20.2. The summed E-state index contributed by atoms with van der Waals surface area (Å²) in [5.41, 5.74) is -4.26. The number of nitrogens with one attached hydrogen (secondary N) is 2. The number of urea groups is 1. The van der Waals surface area contributed by atoms with Crippen LogP contribution in [0.3, 0.4) is 0 Å². The second-order valence-corrected chi connectivity index (χ2v) is 8.34. The van der Waals surface area contributed by atoms with E-state index in [9.17, 15) is 35.9 Å². The van der Waals surface area contributed by atoms with E-state index in [4.69, 9.17) is 4.84 Å². The maximum atomic E-state index is 13.1. The second-order valence-electron chi connectivity index (χ2n) is 7.32. The van der Waals surface area contributed by atoms with Gasteiger partial charge in [-0.05, 0) is 44.3 Å². The highest BCUT2D eigenvalue weighted by Gasteiger charge is 2.41. The Labute approximate surface area is 177 Å². The number of nitrogens with zero attached hydrogens (tertiary/aromatic N) is 1. The van der Waals surface area contributed by atoms with Crippen molar-refractivity contribution in [3.05, 3.63) is 22.2 Å². The van der Waals surface area contributed by atoms with E-state index in [0.717, 1.165) is 12.2 Å². The molecule has 1 atom stereocenters. The summed E-state index contributed by atoms with van der Waals surface area (Å²) in [5.74, 6) is -1.10. The Morgan fingerprint density at radius 2 is 1.80 bits per heavy atom. The number of allylic oxidation sites excluding steroid dienone is 2. The lowest BCUT2D eigenvalue weighted by molar-refractivity contribution is -0.188. The maximum Gasteiger partial charge on any atom is 0.416 e. The molecule has 2 N–H and O–H groups in total. The Balaban J connectivity index is 2.92. The van der Waals surface area contributed by atoms with Crippen LogP contribution in [0, 0.1) is 0 Å². The van der Waals surface area contributed by atoms with Gasteiger partial charge >= 0.3 is 18.4 Å². The molecule has 6 nitrogen and oxygen atoms in total. The molecule has 0 aromatic heterocycles. The Kier molecular flexibility index (Phi) is 8.03. The molecular weight excluding hydrogens is 488 g/mol. The van der Waals surface area contributed by atoms with E-state index in [1.807, 2.05) is 0 Å². The number of rotatable bonds is 6. The summed E-state index contributed by atoms with van der Waals surface area (Å²) in [6.07, 6.45) is -7.55. The van der Waals surface area contributed by atoms with Gasteiger partial charge in [0.15, 0.2) is 0 Å². The van der Waals surface area contributed by atoms with E-state index >= 15 is 0 Å². The lowest BCUT2D eigenvalue weighted by Gasteiger charge is -2.36. The molecule has 3 amide bonds. The lowest BCUT2D eigenvalue weighted by atomic mass is 9.93. The van der Waals surface area contributed by atoms with Crippen molar-refractivity contribution in [2.75, 3.05) is 13.1 Å². The van der Waals surface area contributed by atoms with Gasteiger partial charge in [0.2, 0.25) is 5.91 Å². The Morgan fingerprint density at radius 1 is 1.23 bits per heavy atom. The number of carbonyl (C=O) groups excluding carboxylic acids is 2. The first-order valence-electron chi connectivity index (χ1n) is 8.68. The van der Waals surface area contributed by atoms with E-state index in [1.54, 1.807) is 5.32 Å². The molecule has 0 saturated heterocycles. The van der Waals surface area contributed by atoms with Gasteiger partial charge in [0.1, 0.15) is 17.7 Å². The molecule has 0 heterocycles. The van der Waals surface area contributed by atoms with E-state index in [1.165, 1.54) is 27.7 Å². The fourth-order valence-corrected chi connectivity index (χ4v) is 3.29. The average molecular weight is 510 g/mol. The molecule has 0 bridgehead atoms. The summed E-state index contributed by atoms with van der Waals surface area (Å²) in [6, 6.07) is -1.00. The molecule has 0 aromatic carbocycles. The topological polar surface area (TPSA) is 70.7 Å². The summed E-state index contributed by atoms with van der Waals surface area (Å²) in [7, 11) is 0. The number of carbonyl (C=O) groups is 2. The summed E-state index contributed by atoms with van der Waals surface area (Å²) < 4.78 is 76.3. The van der Waals surface area contributed by atoms with Crippen molar-refractivity contribution in [1.29, 1.82) is 0 Å². The number of alkyl halides is 6. The van der Waals surface area contributed by atoms with Gasteiger partial charge in [-0.25, -0.2) is 9.86 Å². The molecule has 30 heavy (non-hydrogen) atoms. The number of hydrogen-bond acceptors (Lipinski definition) is 3. The standard InChI is InChI=1S/C17H22BrF6N3O3/c1-5-27(13(29)26-14(2,3)12(28)25-9-16(19,20)21)30-15(4)7-10(17(22,23)24)6-11(18)8-15/h6-7H,5,8-9H2,1-4H3,(H,25,28)(H,26,29). The van der Waals surface area contributed by atoms with Crippen LogP contribution >= 0.6 is 15.9 Å². The fourth-order valence-electron chi connectivity index (χ4n) is 2.49. The smallest absolute Gasteiger partial charge is 0.345 e. The molecule has 0 fully saturated rings. The fraction of sp³-hybridized carbons (Fsp3) is 0.647. The van der Waals surface area contributed by atoms with Crippen LogP contribution < -0.4 is 10.6 Å². The Bertz CT molecular complexity index is 733. The summed E-state index contributed by atoms with van der Waals surface area (Å²) in [4.78, 5) is 30.0. The predicted molar refractivity (Wildman–Crippen MR) is 99.3 cm³/mol. The third-order valence-electron chi connectivity index (χ3n) is 3.89. The second kappa shape index (κ2) is 9.16. The van der Waals surface area contributed by atoms with E-state index < -0.39 is 47.5 Å². The maximum absolute atomic E-state index is 13.1. The molecule has 0 radical (unpaired) electrons. The van der Waals surface area contributed by atoms with Gasteiger partial charge in [0.05, 0.1) is 5.57 Å². The van der Waals surface area contributed by atoms with Crippen LogP contribution in [0.15, 0.2) is 22.2 Å². The third-order valence-corrected chi connectivity index (χ3v) is 4.40.